The van der Waals surface area contributed by atoms with Crippen LogP contribution in [0.2, 0.25) is 0 Å². The van der Waals surface area contributed by atoms with Gasteiger partial charge < -0.3 is 19.6 Å². The van der Waals surface area contributed by atoms with Gasteiger partial charge in [-0.05, 0) is 50.8 Å². The molecule has 5 heteroatoms. The maximum atomic E-state index is 11.7. The average Bonchev–Trinajstić information content (AvgIpc) is 2.86. The SMILES string of the molecule is CCCCCCCC/C=C/CCCCCCCCNC[C@H](O)COc1cc(=O)oc2ccccc12. The summed E-state index contributed by atoms with van der Waals surface area (Å²) in [5.74, 6) is 0.448. The lowest BCUT2D eigenvalue weighted by atomic mass is 10.1. The highest BCUT2D eigenvalue weighted by Crippen LogP contribution is 2.23. The van der Waals surface area contributed by atoms with E-state index in [1.165, 1.54) is 89.5 Å². The second-order valence-electron chi connectivity index (χ2n) is 9.53. The Labute approximate surface area is 212 Å². The van der Waals surface area contributed by atoms with Gasteiger partial charge in [0.2, 0.25) is 0 Å². The van der Waals surface area contributed by atoms with Crippen molar-refractivity contribution in [2.45, 2.75) is 103 Å². The molecule has 0 aliphatic rings. The van der Waals surface area contributed by atoms with Crippen molar-refractivity contribution >= 4 is 11.0 Å². The van der Waals surface area contributed by atoms with E-state index >= 15 is 0 Å². The van der Waals surface area contributed by atoms with Crippen LogP contribution in [-0.4, -0.2) is 30.9 Å². The number of ether oxygens (including phenoxy) is 1. The second-order valence-corrected chi connectivity index (χ2v) is 9.53. The zero-order valence-corrected chi connectivity index (χ0v) is 21.8. The maximum absolute atomic E-state index is 11.7. The molecule has 0 unspecified atom stereocenters. The van der Waals surface area contributed by atoms with Gasteiger partial charge in [-0.2, -0.15) is 0 Å². The molecule has 0 bridgehead atoms. The third-order valence-corrected chi connectivity index (χ3v) is 6.29. The molecule has 2 rings (SSSR count). The number of rotatable bonds is 21. The molecular weight excluding hydrogens is 438 g/mol. The Bertz CT molecular complexity index is 876. The normalized spacial score (nSPS) is 12.5. The summed E-state index contributed by atoms with van der Waals surface area (Å²) >= 11 is 0. The molecule has 0 saturated heterocycles. The molecule has 0 radical (unpaired) electrons. The van der Waals surface area contributed by atoms with Crippen molar-refractivity contribution in [3.63, 3.8) is 0 Å². The van der Waals surface area contributed by atoms with Crippen LogP contribution in [0.5, 0.6) is 5.75 Å². The summed E-state index contributed by atoms with van der Waals surface area (Å²) < 4.78 is 10.9. The van der Waals surface area contributed by atoms with Crippen LogP contribution in [0.4, 0.5) is 0 Å². The van der Waals surface area contributed by atoms with Gasteiger partial charge in [0.15, 0.2) is 0 Å². The van der Waals surface area contributed by atoms with Gasteiger partial charge in [-0.3, -0.25) is 0 Å². The lowest BCUT2D eigenvalue weighted by Crippen LogP contribution is -2.32. The Balaban J connectivity index is 1.39. The first-order valence-corrected chi connectivity index (χ1v) is 13.9. The smallest absolute Gasteiger partial charge is 0.339 e. The van der Waals surface area contributed by atoms with E-state index in [2.05, 4.69) is 24.4 Å². The van der Waals surface area contributed by atoms with E-state index in [-0.39, 0.29) is 6.61 Å². The first kappa shape index (κ1) is 29.1. The lowest BCUT2D eigenvalue weighted by molar-refractivity contribution is 0.107. The highest BCUT2D eigenvalue weighted by atomic mass is 16.5. The minimum atomic E-state index is -0.630. The summed E-state index contributed by atoms with van der Waals surface area (Å²) in [4.78, 5) is 11.7. The maximum Gasteiger partial charge on any atom is 0.339 e. The van der Waals surface area contributed by atoms with Crippen molar-refractivity contribution < 1.29 is 14.3 Å². The standard InChI is InChI=1S/C30H47NO4/c1-2-3-4-5-6-7-8-9-10-11-12-13-14-15-16-19-22-31-24-26(32)25-34-29-23-30(33)35-28-21-18-17-20-27(28)29/h9-10,17-18,20-21,23,26,31-32H,2-8,11-16,19,22,24-25H2,1H3/b10-9+/t26-/m0/s1. The fraction of sp³-hybridized carbons (Fsp3) is 0.633. The summed E-state index contributed by atoms with van der Waals surface area (Å²) in [6, 6.07) is 8.57. The minimum absolute atomic E-state index is 0.133. The molecule has 196 valence electrons. The highest BCUT2D eigenvalue weighted by molar-refractivity contribution is 5.82. The monoisotopic (exact) mass is 485 g/mol. The number of nitrogens with one attached hydrogen (secondary N) is 1. The molecule has 1 atom stereocenters. The Hall–Kier alpha value is -2.11. The number of unbranched alkanes of at least 4 members (excludes halogenated alkanes) is 12. The molecule has 0 saturated carbocycles. The van der Waals surface area contributed by atoms with Gasteiger partial charge in [-0.15, -0.1) is 0 Å². The predicted octanol–water partition coefficient (Wildman–Crippen LogP) is 7.16. The van der Waals surface area contributed by atoms with Crippen molar-refractivity contribution in [2.75, 3.05) is 19.7 Å². The van der Waals surface area contributed by atoms with Gasteiger partial charge in [0.1, 0.15) is 24.0 Å². The zero-order chi connectivity index (χ0) is 25.0. The van der Waals surface area contributed by atoms with Gasteiger partial charge in [0.05, 0.1) is 11.5 Å². The van der Waals surface area contributed by atoms with Crippen LogP contribution >= 0.6 is 0 Å². The fourth-order valence-corrected chi connectivity index (χ4v) is 4.21. The summed E-state index contributed by atoms with van der Waals surface area (Å²) in [7, 11) is 0. The number of hydrogen-bond donors (Lipinski definition) is 2. The Morgan fingerprint density at radius 3 is 2.26 bits per heavy atom. The van der Waals surface area contributed by atoms with Gasteiger partial charge in [-0.1, -0.05) is 89.0 Å². The van der Waals surface area contributed by atoms with Gasteiger partial charge >= 0.3 is 5.63 Å². The third-order valence-electron chi connectivity index (χ3n) is 6.29. The summed E-state index contributed by atoms with van der Waals surface area (Å²) in [5.41, 5.74) is 0.0360. The van der Waals surface area contributed by atoms with Crippen LogP contribution in [0.25, 0.3) is 11.0 Å². The van der Waals surface area contributed by atoms with Crippen LogP contribution in [0.3, 0.4) is 0 Å². The van der Waals surface area contributed by atoms with E-state index in [0.717, 1.165) is 18.4 Å². The second kappa shape index (κ2) is 19.1. The number of allylic oxidation sites excluding steroid dienone is 2. The number of aliphatic hydroxyl groups is 1. The molecule has 2 aromatic rings. The molecular formula is C30H47NO4. The fourth-order valence-electron chi connectivity index (χ4n) is 4.21. The Morgan fingerprint density at radius 1 is 0.914 bits per heavy atom. The molecule has 35 heavy (non-hydrogen) atoms. The van der Waals surface area contributed by atoms with Crippen molar-refractivity contribution in [2.24, 2.45) is 0 Å². The lowest BCUT2D eigenvalue weighted by Gasteiger charge is -2.14. The number of hydrogen-bond acceptors (Lipinski definition) is 5. The van der Waals surface area contributed by atoms with Crippen LogP contribution in [0, 0.1) is 0 Å². The molecule has 5 nitrogen and oxygen atoms in total. The quantitative estimate of drug-likeness (QED) is 0.111. The molecule has 2 N–H and O–H groups in total. The van der Waals surface area contributed by atoms with Gasteiger partial charge in [-0.25, -0.2) is 4.79 Å². The van der Waals surface area contributed by atoms with E-state index < -0.39 is 11.7 Å². The van der Waals surface area contributed by atoms with Crippen LogP contribution in [-0.2, 0) is 0 Å². The molecule has 0 spiro atoms. The summed E-state index contributed by atoms with van der Waals surface area (Å²) in [6.45, 7) is 3.78. The van der Waals surface area contributed by atoms with Crippen molar-refractivity contribution in [3.8, 4) is 5.75 Å². The Kier molecular flexibility index (Phi) is 15.9. The highest BCUT2D eigenvalue weighted by Gasteiger charge is 2.09. The molecule has 0 aliphatic carbocycles. The number of fused-ring (bicyclic) bond motifs is 1. The van der Waals surface area contributed by atoms with Crippen molar-refractivity contribution in [3.05, 3.63) is 52.9 Å². The van der Waals surface area contributed by atoms with Crippen LogP contribution in [0.1, 0.15) is 96.8 Å². The number of aliphatic hydroxyl groups excluding tert-OH is 1. The van der Waals surface area contributed by atoms with Crippen LogP contribution < -0.4 is 15.7 Å². The first-order chi connectivity index (χ1) is 17.2. The summed E-state index contributed by atoms with van der Waals surface area (Å²) in [6.07, 6.45) is 22.4. The number of para-hydroxylation sites is 1. The summed E-state index contributed by atoms with van der Waals surface area (Å²) in [5, 5.41) is 14.2. The Morgan fingerprint density at radius 2 is 1.54 bits per heavy atom. The molecule has 1 aromatic carbocycles. The third kappa shape index (κ3) is 13.5. The average molecular weight is 486 g/mol. The van der Waals surface area contributed by atoms with Crippen molar-refractivity contribution in [1.82, 2.24) is 5.32 Å². The topological polar surface area (TPSA) is 71.7 Å². The molecule has 1 heterocycles. The molecule has 0 fully saturated rings. The van der Waals surface area contributed by atoms with E-state index in [0.29, 0.717) is 17.9 Å². The van der Waals surface area contributed by atoms with Crippen molar-refractivity contribution in [1.29, 1.82) is 0 Å². The van der Waals surface area contributed by atoms with E-state index in [9.17, 15) is 9.90 Å². The molecule has 1 aromatic heterocycles. The zero-order valence-electron chi connectivity index (χ0n) is 21.8. The van der Waals surface area contributed by atoms with Gasteiger partial charge in [0, 0.05) is 6.54 Å². The first-order valence-electron chi connectivity index (χ1n) is 13.9. The molecule has 0 aliphatic heterocycles. The van der Waals surface area contributed by atoms with Gasteiger partial charge in [0.25, 0.3) is 0 Å². The predicted molar refractivity (Wildman–Crippen MR) is 146 cm³/mol. The molecule has 0 amide bonds. The number of benzene rings is 1. The van der Waals surface area contributed by atoms with E-state index in [1.807, 2.05) is 18.2 Å². The van der Waals surface area contributed by atoms with E-state index in [4.69, 9.17) is 9.15 Å². The van der Waals surface area contributed by atoms with Crippen LogP contribution in [0.15, 0.2) is 51.7 Å². The largest absolute Gasteiger partial charge is 0.490 e. The minimum Gasteiger partial charge on any atom is -0.490 e. The van der Waals surface area contributed by atoms with E-state index in [1.54, 1.807) is 6.07 Å².